The maximum absolute atomic E-state index is 11.1. The van der Waals surface area contributed by atoms with Crippen LogP contribution in [0.5, 0.6) is 0 Å². The first-order chi connectivity index (χ1) is 13.5. The van der Waals surface area contributed by atoms with Gasteiger partial charge in [0.15, 0.2) is 0 Å². The van der Waals surface area contributed by atoms with Crippen molar-refractivity contribution in [3.8, 4) is 17.4 Å². The molecule has 2 aromatic carbocycles. The number of nitro groups is 2. The van der Waals surface area contributed by atoms with Gasteiger partial charge in [-0.2, -0.15) is 10.4 Å². The number of rotatable bonds is 6. The number of nitrogens with zero attached hydrogens (tertiary/aromatic N) is 4. The van der Waals surface area contributed by atoms with Gasteiger partial charge in [-0.05, 0) is 42.5 Å². The van der Waals surface area contributed by atoms with Gasteiger partial charge in [0, 0.05) is 11.6 Å². The predicted octanol–water partition coefficient (Wildman–Crippen LogP) is 4.08. The molecule has 0 unspecified atom stereocenters. The van der Waals surface area contributed by atoms with Gasteiger partial charge in [0.2, 0.25) is 0 Å². The number of hydrogen-bond acceptors (Lipinski definition) is 8. The highest BCUT2D eigenvalue weighted by molar-refractivity contribution is 5.78. The maximum atomic E-state index is 11.1. The highest BCUT2D eigenvalue weighted by Gasteiger charge is 2.19. The molecule has 0 aliphatic carbocycles. The third kappa shape index (κ3) is 4.00. The van der Waals surface area contributed by atoms with E-state index in [0.717, 1.165) is 17.7 Å². The smallest absolute Gasteiger partial charge is 0.301 e. The summed E-state index contributed by atoms with van der Waals surface area (Å²) in [6, 6.07) is 15.4. The summed E-state index contributed by atoms with van der Waals surface area (Å²) in [5.41, 5.74) is 2.94. The molecule has 0 spiro atoms. The van der Waals surface area contributed by atoms with E-state index in [0.29, 0.717) is 17.1 Å². The molecule has 1 aromatic heterocycles. The minimum Gasteiger partial charge on any atom is -0.455 e. The van der Waals surface area contributed by atoms with Crippen LogP contribution >= 0.6 is 0 Å². The number of nitriles is 1. The Morgan fingerprint density at radius 3 is 2.43 bits per heavy atom. The fourth-order valence-electron chi connectivity index (χ4n) is 2.33. The Bertz CT molecular complexity index is 1110. The van der Waals surface area contributed by atoms with Crippen LogP contribution in [0.2, 0.25) is 0 Å². The fourth-order valence-corrected chi connectivity index (χ4v) is 2.33. The molecule has 10 nitrogen and oxygen atoms in total. The van der Waals surface area contributed by atoms with Crippen LogP contribution in [-0.2, 0) is 0 Å². The van der Waals surface area contributed by atoms with E-state index >= 15 is 0 Å². The Kier molecular flexibility index (Phi) is 5.09. The number of hydrogen-bond donors (Lipinski definition) is 1. The zero-order valence-corrected chi connectivity index (χ0v) is 14.1. The number of furan rings is 1. The Hall–Kier alpha value is -4.52. The summed E-state index contributed by atoms with van der Waals surface area (Å²) in [5, 5.41) is 34.5. The average molecular weight is 377 g/mol. The molecule has 0 aliphatic rings. The standard InChI is InChI=1S/C18H11N5O5/c19-10-12-1-3-13(4-2-12)18-8-6-15(28-18)11-20-21-16-7-5-14(22(24)25)9-17(16)23(26)27/h1-9,11,21H/b20-11-. The Morgan fingerprint density at radius 1 is 1.04 bits per heavy atom. The van der Waals surface area contributed by atoms with Crippen molar-refractivity contribution in [3.05, 3.63) is 86.1 Å². The lowest BCUT2D eigenvalue weighted by Gasteiger charge is -2.01. The largest absolute Gasteiger partial charge is 0.455 e. The fraction of sp³-hybridized carbons (Fsp3) is 0. The van der Waals surface area contributed by atoms with Gasteiger partial charge in [-0.3, -0.25) is 25.7 Å². The van der Waals surface area contributed by atoms with Crippen molar-refractivity contribution >= 4 is 23.3 Å². The monoisotopic (exact) mass is 377 g/mol. The van der Waals surface area contributed by atoms with Gasteiger partial charge in [0.05, 0.1) is 33.8 Å². The summed E-state index contributed by atoms with van der Waals surface area (Å²) < 4.78 is 5.61. The lowest BCUT2D eigenvalue weighted by molar-refractivity contribution is -0.393. The van der Waals surface area contributed by atoms with Crippen molar-refractivity contribution in [3.63, 3.8) is 0 Å². The van der Waals surface area contributed by atoms with Crippen LogP contribution in [0, 0.1) is 31.6 Å². The van der Waals surface area contributed by atoms with E-state index in [1.807, 2.05) is 6.07 Å². The molecule has 138 valence electrons. The third-order valence-corrected chi connectivity index (χ3v) is 3.69. The first-order valence-corrected chi connectivity index (χ1v) is 7.80. The molecular formula is C18H11N5O5. The van der Waals surface area contributed by atoms with E-state index in [-0.39, 0.29) is 11.4 Å². The van der Waals surface area contributed by atoms with Crippen molar-refractivity contribution < 1.29 is 14.3 Å². The van der Waals surface area contributed by atoms with Gasteiger partial charge >= 0.3 is 5.69 Å². The number of nitrogens with one attached hydrogen (secondary N) is 1. The first kappa shape index (κ1) is 18.3. The summed E-state index contributed by atoms with van der Waals surface area (Å²) in [4.78, 5) is 20.4. The molecule has 10 heteroatoms. The van der Waals surface area contributed by atoms with Crippen molar-refractivity contribution in [2.45, 2.75) is 0 Å². The second kappa shape index (κ2) is 7.79. The summed E-state index contributed by atoms with van der Waals surface area (Å²) in [7, 11) is 0. The van der Waals surface area contributed by atoms with E-state index < -0.39 is 15.5 Å². The van der Waals surface area contributed by atoms with Gasteiger partial charge in [-0.15, -0.1) is 0 Å². The Balaban J connectivity index is 1.75. The van der Waals surface area contributed by atoms with Crippen molar-refractivity contribution in [1.82, 2.24) is 0 Å². The SMILES string of the molecule is N#Cc1ccc(-c2ccc(/C=N\Nc3ccc([N+](=O)[O-])cc3[N+](=O)[O-])o2)cc1. The van der Waals surface area contributed by atoms with Crippen LogP contribution in [0.3, 0.4) is 0 Å². The normalized spacial score (nSPS) is 10.5. The molecule has 3 aromatic rings. The quantitative estimate of drug-likeness (QED) is 0.386. The van der Waals surface area contributed by atoms with Crippen LogP contribution in [0.4, 0.5) is 17.1 Å². The van der Waals surface area contributed by atoms with E-state index in [4.69, 9.17) is 9.68 Å². The minimum absolute atomic E-state index is 0.00530. The lowest BCUT2D eigenvalue weighted by atomic mass is 10.1. The van der Waals surface area contributed by atoms with Crippen LogP contribution in [-0.4, -0.2) is 16.1 Å². The molecule has 3 rings (SSSR count). The molecule has 0 amide bonds. The minimum atomic E-state index is -0.735. The molecule has 0 saturated carbocycles. The topological polar surface area (TPSA) is 148 Å². The zero-order chi connectivity index (χ0) is 20.1. The van der Waals surface area contributed by atoms with Crippen LogP contribution in [0.1, 0.15) is 11.3 Å². The lowest BCUT2D eigenvalue weighted by Crippen LogP contribution is -1.98. The second-order valence-electron chi connectivity index (χ2n) is 5.48. The molecule has 0 radical (unpaired) electrons. The molecule has 28 heavy (non-hydrogen) atoms. The summed E-state index contributed by atoms with van der Waals surface area (Å²) in [6.45, 7) is 0. The van der Waals surface area contributed by atoms with E-state index in [9.17, 15) is 20.2 Å². The number of anilines is 1. The summed E-state index contributed by atoms with van der Waals surface area (Å²) >= 11 is 0. The van der Waals surface area contributed by atoms with Crippen molar-refractivity contribution in [2.75, 3.05) is 5.43 Å². The van der Waals surface area contributed by atoms with Crippen LogP contribution in [0.25, 0.3) is 11.3 Å². The number of nitro benzene ring substituents is 2. The number of non-ortho nitro benzene ring substituents is 1. The highest BCUT2D eigenvalue weighted by atomic mass is 16.6. The van der Waals surface area contributed by atoms with Gasteiger partial charge in [0.1, 0.15) is 17.2 Å². The molecule has 0 atom stereocenters. The van der Waals surface area contributed by atoms with Gasteiger partial charge < -0.3 is 4.42 Å². The first-order valence-electron chi connectivity index (χ1n) is 7.80. The van der Waals surface area contributed by atoms with E-state index in [1.165, 1.54) is 12.3 Å². The van der Waals surface area contributed by atoms with Crippen molar-refractivity contribution in [2.24, 2.45) is 5.10 Å². The molecule has 1 heterocycles. The molecule has 0 saturated heterocycles. The van der Waals surface area contributed by atoms with Gasteiger partial charge in [-0.25, -0.2) is 0 Å². The van der Waals surface area contributed by atoms with E-state index in [2.05, 4.69) is 10.5 Å². The second-order valence-corrected chi connectivity index (χ2v) is 5.48. The highest BCUT2D eigenvalue weighted by Crippen LogP contribution is 2.29. The number of benzene rings is 2. The Labute approximate surface area is 157 Å². The predicted molar refractivity (Wildman–Crippen MR) is 99.8 cm³/mol. The van der Waals surface area contributed by atoms with Gasteiger partial charge in [-0.1, -0.05) is 0 Å². The molecule has 0 fully saturated rings. The number of hydrazone groups is 1. The van der Waals surface area contributed by atoms with Crippen LogP contribution < -0.4 is 5.43 Å². The summed E-state index contributed by atoms with van der Waals surface area (Å²) in [5.74, 6) is 0.948. The molecule has 0 aliphatic heterocycles. The van der Waals surface area contributed by atoms with E-state index in [1.54, 1.807) is 36.4 Å². The van der Waals surface area contributed by atoms with Gasteiger partial charge in [0.25, 0.3) is 5.69 Å². The third-order valence-electron chi connectivity index (χ3n) is 3.69. The van der Waals surface area contributed by atoms with Crippen molar-refractivity contribution in [1.29, 1.82) is 5.26 Å². The molecule has 0 bridgehead atoms. The zero-order valence-electron chi connectivity index (χ0n) is 14.1. The molecule has 1 N–H and O–H groups in total. The molecular weight excluding hydrogens is 366 g/mol. The Morgan fingerprint density at radius 2 is 1.79 bits per heavy atom. The summed E-state index contributed by atoms with van der Waals surface area (Å²) in [6.07, 6.45) is 1.32. The maximum Gasteiger partial charge on any atom is 0.301 e. The van der Waals surface area contributed by atoms with Crippen LogP contribution in [0.15, 0.2) is 64.1 Å². The average Bonchev–Trinajstić information content (AvgIpc) is 3.17.